The number of hydrogen-bond acceptors (Lipinski definition) is 3. The molecule has 1 amide bonds. The molecule has 0 rings (SSSR count). The van der Waals surface area contributed by atoms with Crippen molar-refractivity contribution in [2.24, 2.45) is 0 Å². The number of hydrogen-bond donors (Lipinski definition) is 3. The van der Waals surface area contributed by atoms with Crippen LogP contribution in [0, 0.1) is 0 Å². The minimum Gasteiger partial charge on any atom is -0.394 e. The smallest absolute Gasteiger partial charge is 0.220 e. The molecule has 0 spiro atoms. The zero-order valence-electron chi connectivity index (χ0n) is 33.6. The number of carbonyl (C=O) groups excluding carboxylic acids is 1. The first-order valence-corrected chi connectivity index (χ1v) is 21.6. The summed E-state index contributed by atoms with van der Waals surface area (Å²) in [6, 6.07) is -0.548. The molecule has 0 aromatic carbocycles. The van der Waals surface area contributed by atoms with Gasteiger partial charge in [0.05, 0.1) is 18.8 Å². The second-order valence-electron chi connectivity index (χ2n) is 14.4. The van der Waals surface area contributed by atoms with Crippen LogP contribution >= 0.6 is 0 Å². The maximum Gasteiger partial charge on any atom is 0.220 e. The summed E-state index contributed by atoms with van der Waals surface area (Å²) in [6.07, 6.45) is 59.7. The molecule has 4 heteroatoms. The van der Waals surface area contributed by atoms with Gasteiger partial charge in [-0.25, -0.2) is 0 Å². The van der Waals surface area contributed by atoms with E-state index in [9.17, 15) is 15.0 Å². The number of aliphatic hydroxyl groups is 2. The van der Waals surface area contributed by atoms with Crippen LogP contribution in [0.2, 0.25) is 0 Å². The molecule has 3 N–H and O–H groups in total. The van der Waals surface area contributed by atoms with Gasteiger partial charge in [-0.1, -0.05) is 202 Å². The number of carbonyl (C=O) groups is 1. The minimum atomic E-state index is -0.669. The molecule has 2 unspecified atom stereocenters. The Morgan fingerprint density at radius 3 is 1.29 bits per heavy atom. The molecule has 2 atom stereocenters. The van der Waals surface area contributed by atoms with Crippen LogP contribution in [0.25, 0.3) is 0 Å². The largest absolute Gasteiger partial charge is 0.394 e. The Morgan fingerprint density at radius 2 is 0.863 bits per heavy atom. The predicted molar refractivity (Wildman–Crippen MR) is 225 cm³/mol. The van der Waals surface area contributed by atoms with E-state index in [-0.39, 0.29) is 12.5 Å². The molecule has 0 aromatic heterocycles. The van der Waals surface area contributed by atoms with E-state index in [2.05, 4.69) is 92.1 Å². The lowest BCUT2D eigenvalue weighted by molar-refractivity contribution is -0.123. The van der Waals surface area contributed by atoms with Crippen molar-refractivity contribution in [1.29, 1.82) is 0 Å². The summed E-state index contributed by atoms with van der Waals surface area (Å²) in [5.41, 5.74) is 0. The first-order chi connectivity index (χ1) is 25.2. The fourth-order valence-corrected chi connectivity index (χ4v) is 6.19. The molecule has 0 bridgehead atoms. The van der Waals surface area contributed by atoms with E-state index >= 15 is 0 Å². The van der Waals surface area contributed by atoms with Gasteiger partial charge in [0.1, 0.15) is 0 Å². The highest BCUT2D eigenvalue weighted by molar-refractivity contribution is 5.76. The van der Waals surface area contributed by atoms with Crippen LogP contribution in [-0.2, 0) is 4.79 Å². The standard InChI is InChI=1S/C47H83NO3/c1-3-5-7-9-11-13-15-17-19-20-21-22-23-24-25-26-27-28-29-31-33-35-37-39-41-43-47(51)48-45(44-49)46(50)42-40-38-36-34-32-30-18-16-14-12-10-8-6-4-2/h5,7,11,13,17,19,21-22,24-25,27-28,45-46,49-50H,3-4,6,8-10,12,14-16,18,20,23,26,29-44H2,1-2H3,(H,48,51)/b7-5-,13-11-,19-17-,22-21-,25-24-,28-27-. The molecule has 0 aromatic rings. The second kappa shape index (κ2) is 42.2. The highest BCUT2D eigenvalue weighted by atomic mass is 16.3. The van der Waals surface area contributed by atoms with Crippen molar-refractivity contribution in [3.8, 4) is 0 Å². The molecule has 51 heavy (non-hydrogen) atoms. The van der Waals surface area contributed by atoms with Gasteiger partial charge in [-0.3, -0.25) is 4.79 Å². The lowest BCUT2D eigenvalue weighted by atomic mass is 10.0. The van der Waals surface area contributed by atoms with Crippen molar-refractivity contribution in [3.63, 3.8) is 0 Å². The van der Waals surface area contributed by atoms with Crippen molar-refractivity contribution < 1.29 is 15.0 Å². The summed E-state index contributed by atoms with van der Waals surface area (Å²) in [5, 5.41) is 23.1. The van der Waals surface area contributed by atoms with E-state index in [1.807, 2.05) is 0 Å². The fourth-order valence-electron chi connectivity index (χ4n) is 6.19. The molecule has 4 nitrogen and oxygen atoms in total. The molecular weight excluding hydrogens is 627 g/mol. The number of allylic oxidation sites excluding steroid dienone is 12. The van der Waals surface area contributed by atoms with Gasteiger partial charge >= 0.3 is 0 Å². The summed E-state index contributed by atoms with van der Waals surface area (Å²) in [7, 11) is 0. The molecule has 0 aliphatic carbocycles. The number of amides is 1. The summed E-state index contributed by atoms with van der Waals surface area (Å²) in [5.74, 6) is -0.0493. The Hall–Kier alpha value is -2.17. The van der Waals surface area contributed by atoms with Crippen molar-refractivity contribution in [3.05, 3.63) is 72.9 Å². The van der Waals surface area contributed by atoms with Crippen LogP contribution in [0.3, 0.4) is 0 Å². The molecule has 0 heterocycles. The van der Waals surface area contributed by atoms with E-state index in [1.54, 1.807) is 0 Å². The number of unbranched alkanes of at least 4 members (excludes halogenated alkanes) is 19. The van der Waals surface area contributed by atoms with Crippen LogP contribution in [0.4, 0.5) is 0 Å². The Morgan fingerprint density at radius 1 is 0.490 bits per heavy atom. The van der Waals surface area contributed by atoms with Gasteiger partial charge in [0.25, 0.3) is 0 Å². The summed E-state index contributed by atoms with van der Waals surface area (Å²) >= 11 is 0. The summed E-state index contributed by atoms with van der Waals surface area (Å²) in [6.45, 7) is 4.23. The van der Waals surface area contributed by atoms with Gasteiger partial charge in [-0.15, -0.1) is 0 Å². The van der Waals surface area contributed by atoms with Crippen LogP contribution in [0.1, 0.15) is 200 Å². The van der Waals surface area contributed by atoms with Gasteiger partial charge in [0, 0.05) is 6.42 Å². The molecule has 0 aliphatic heterocycles. The summed E-state index contributed by atoms with van der Waals surface area (Å²) < 4.78 is 0. The Bertz CT molecular complexity index is 899. The van der Waals surface area contributed by atoms with Crippen LogP contribution in [0.15, 0.2) is 72.9 Å². The van der Waals surface area contributed by atoms with Gasteiger partial charge in [0.2, 0.25) is 5.91 Å². The predicted octanol–water partition coefficient (Wildman–Crippen LogP) is 13.5. The lowest BCUT2D eigenvalue weighted by Gasteiger charge is -2.22. The highest BCUT2D eigenvalue weighted by Crippen LogP contribution is 2.15. The summed E-state index contributed by atoms with van der Waals surface area (Å²) in [4.78, 5) is 12.4. The Kier molecular flexibility index (Phi) is 40.4. The van der Waals surface area contributed by atoms with Crippen LogP contribution < -0.4 is 5.32 Å². The molecule has 0 fully saturated rings. The average molecular weight is 710 g/mol. The Balaban J connectivity index is 3.62. The zero-order valence-corrected chi connectivity index (χ0v) is 33.6. The molecular formula is C47H83NO3. The zero-order chi connectivity index (χ0) is 37.1. The van der Waals surface area contributed by atoms with E-state index in [4.69, 9.17) is 0 Å². The monoisotopic (exact) mass is 710 g/mol. The first kappa shape index (κ1) is 48.8. The molecule has 294 valence electrons. The highest BCUT2D eigenvalue weighted by Gasteiger charge is 2.19. The van der Waals surface area contributed by atoms with Gasteiger partial charge in [0.15, 0.2) is 0 Å². The average Bonchev–Trinajstić information content (AvgIpc) is 3.13. The maximum absolute atomic E-state index is 12.4. The number of rotatable bonds is 38. The second-order valence-corrected chi connectivity index (χ2v) is 14.4. The molecule has 0 saturated carbocycles. The topological polar surface area (TPSA) is 69.6 Å². The first-order valence-electron chi connectivity index (χ1n) is 21.6. The maximum atomic E-state index is 12.4. The molecule has 0 radical (unpaired) electrons. The number of aliphatic hydroxyl groups excluding tert-OH is 2. The normalized spacial score (nSPS) is 13.7. The third kappa shape index (κ3) is 38.9. The van der Waals surface area contributed by atoms with Crippen molar-refractivity contribution in [2.45, 2.75) is 212 Å². The minimum absolute atomic E-state index is 0.0493. The third-order valence-electron chi connectivity index (χ3n) is 9.48. The quantitative estimate of drug-likeness (QED) is 0.0441. The SMILES string of the molecule is CC/C=C\C/C=C\C/C=C\C/C=C\C/C=C\C/C=C\CCCCCCCCC(=O)NC(CO)C(O)CCCCCCCCCCCCCCCC. The van der Waals surface area contributed by atoms with Crippen molar-refractivity contribution in [2.75, 3.05) is 6.61 Å². The third-order valence-corrected chi connectivity index (χ3v) is 9.48. The van der Waals surface area contributed by atoms with Gasteiger partial charge < -0.3 is 15.5 Å². The van der Waals surface area contributed by atoms with Crippen molar-refractivity contribution >= 4 is 5.91 Å². The van der Waals surface area contributed by atoms with E-state index < -0.39 is 12.1 Å². The lowest BCUT2D eigenvalue weighted by Crippen LogP contribution is -2.45. The van der Waals surface area contributed by atoms with Gasteiger partial charge in [-0.05, 0) is 64.2 Å². The van der Waals surface area contributed by atoms with Crippen molar-refractivity contribution in [1.82, 2.24) is 5.32 Å². The molecule has 0 saturated heterocycles. The van der Waals surface area contributed by atoms with E-state index in [1.165, 1.54) is 96.3 Å². The van der Waals surface area contributed by atoms with E-state index in [0.29, 0.717) is 12.8 Å². The van der Waals surface area contributed by atoms with Crippen LogP contribution in [-0.4, -0.2) is 34.9 Å². The molecule has 0 aliphatic rings. The van der Waals surface area contributed by atoms with Crippen LogP contribution in [0.5, 0.6) is 0 Å². The van der Waals surface area contributed by atoms with Gasteiger partial charge in [-0.2, -0.15) is 0 Å². The number of nitrogens with one attached hydrogen (secondary N) is 1. The fraction of sp³-hybridized carbons (Fsp3) is 0.723. The van der Waals surface area contributed by atoms with E-state index in [0.717, 1.165) is 77.0 Å². The Labute approximate surface area is 317 Å².